The molecular weight excluding hydrogens is 312 g/mol. The third-order valence-electron chi connectivity index (χ3n) is 3.15. The first-order valence-electron chi connectivity index (χ1n) is 6.92. The second kappa shape index (κ2) is 7.06. The molecule has 0 aliphatic carbocycles. The van der Waals surface area contributed by atoms with Crippen molar-refractivity contribution in [3.63, 3.8) is 0 Å². The van der Waals surface area contributed by atoms with E-state index in [4.69, 9.17) is 4.42 Å². The van der Waals surface area contributed by atoms with Gasteiger partial charge < -0.3 is 9.32 Å². The standard InChI is InChI=1S/C16H14N4O2S/c1-20(13-7-3-2-4-8-13)14(21)11-23-16-19-18-15(22-16)12-6-5-9-17-10-12/h2-10H,11H2,1H3. The Bertz CT molecular complexity index is 777. The van der Waals surface area contributed by atoms with Crippen LogP contribution in [0.5, 0.6) is 0 Å². The topological polar surface area (TPSA) is 72.1 Å². The molecule has 0 radical (unpaired) electrons. The molecule has 116 valence electrons. The van der Waals surface area contributed by atoms with E-state index in [9.17, 15) is 4.79 Å². The van der Waals surface area contributed by atoms with Crippen LogP contribution in [0.4, 0.5) is 5.69 Å². The first-order valence-corrected chi connectivity index (χ1v) is 7.91. The number of benzene rings is 1. The smallest absolute Gasteiger partial charge is 0.277 e. The van der Waals surface area contributed by atoms with Gasteiger partial charge in [0.25, 0.3) is 5.22 Å². The van der Waals surface area contributed by atoms with Crippen molar-refractivity contribution in [1.29, 1.82) is 0 Å². The Morgan fingerprint density at radius 1 is 1.17 bits per heavy atom. The van der Waals surface area contributed by atoms with E-state index in [2.05, 4.69) is 15.2 Å². The molecule has 0 aliphatic heterocycles. The number of nitrogens with zero attached hydrogens (tertiary/aromatic N) is 4. The van der Waals surface area contributed by atoms with Crippen molar-refractivity contribution < 1.29 is 9.21 Å². The van der Waals surface area contributed by atoms with Crippen molar-refractivity contribution in [3.05, 3.63) is 54.9 Å². The van der Waals surface area contributed by atoms with Crippen LogP contribution in [0.25, 0.3) is 11.5 Å². The van der Waals surface area contributed by atoms with Crippen LogP contribution < -0.4 is 4.90 Å². The molecule has 7 heteroatoms. The van der Waals surface area contributed by atoms with E-state index in [1.807, 2.05) is 36.4 Å². The van der Waals surface area contributed by atoms with Gasteiger partial charge in [-0.1, -0.05) is 30.0 Å². The summed E-state index contributed by atoms with van der Waals surface area (Å²) >= 11 is 1.22. The maximum Gasteiger partial charge on any atom is 0.277 e. The molecule has 0 saturated carbocycles. The fraction of sp³-hybridized carbons (Fsp3) is 0.125. The number of para-hydroxylation sites is 1. The molecule has 0 N–H and O–H groups in total. The van der Waals surface area contributed by atoms with Gasteiger partial charge in [-0.3, -0.25) is 9.78 Å². The summed E-state index contributed by atoms with van der Waals surface area (Å²) in [6, 6.07) is 13.1. The van der Waals surface area contributed by atoms with Crippen LogP contribution in [-0.4, -0.2) is 33.9 Å². The number of hydrogen-bond donors (Lipinski definition) is 0. The minimum atomic E-state index is -0.0395. The number of anilines is 1. The van der Waals surface area contributed by atoms with E-state index in [1.165, 1.54) is 11.8 Å². The number of carbonyl (C=O) groups excluding carboxylic acids is 1. The molecule has 3 aromatic rings. The molecule has 6 nitrogen and oxygen atoms in total. The van der Waals surface area contributed by atoms with Crippen LogP contribution in [0.2, 0.25) is 0 Å². The first kappa shape index (κ1) is 15.2. The lowest BCUT2D eigenvalue weighted by atomic mass is 10.3. The number of amides is 1. The van der Waals surface area contributed by atoms with E-state index in [1.54, 1.807) is 30.4 Å². The molecule has 2 aromatic heterocycles. The Morgan fingerprint density at radius 3 is 2.74 bits per heavy atom. The summed E-state index contributed by atoms with van der Waals surface area (Å²) in [5, 5.41) is 8.27. The minimum Gasteiger partial charge on any atom is -0.411 e. The van der Waals surface area contributed by atoms with Gasteiger partial charge in [0.15, 0.2) is 0 Å². The van der Waals surface area contributed by atoms with E-state index in [0.717, 1.165) is 11.3 Å². The quantitative estimate of drug-likeness (QED) is 0.671. The second-order valence-corrected chi connectivity index (χ2v) is 5.62. The highest BCUT2D eigenvalue weighted by atomic mass is 32.2. The molecule has 0 unspecified atom stereocenters. The summed E-state index contributed by atoms with van der Waals surface area (Å²) in [5.41, 5.74) is 1.60. The third-order valence-corrected chi connectivity index (χ3v) is 3.95. The SMILES string of the molecule is CN(C(=O)CSc1nnc(-c2cccnc2)o1)c1ccccc1. The van der Waals surface area contributed by atoms with Gasteiger partial charge >= 0.3 is 0 Å². The van der Waals surface area contributed by atoms with Gasteiger partial charge in [-0.2, -0.15) is 0 Å². The molecular formula is C16H14N4O2S. The number of rotatable bonds is 5. The van der Waals surface area contributed by atoms with Crippen molar-refractivity contribution in [2.45, 2.75) is 5.22 Å². The van der Waals surface area contributed by atoms with E-state index < -0.39 is 0 Å². The summed E-state index contributed by atoms with van der Waals surface area (Å²) in [6.45, 7) is 0. The molecule has 2 heterocycles. The largest absolute Gasteiger partial charge is 0.411 e. The van der Waals surface area contributed by atoms with Gasteiger partial charge in [0.2, 0.25) is 11.8 Å². The van der Waals surface area contributed by atoms with Crippen LogP contribution in [0, 0.1) is 0 Å². The zero-order valence-corrected chi connectivity index (χ0v) is 13.2. The summed E-state index contributed by atoms with van der Waals surface area (Å²) in [4.78, 5) is 17.8. The molecule has 0 saturated heterocycles. The molecule has 0 bridgehead atoms. The monoisotopic (exact) mass is 326 g/mol. The van der Waals surface area contributed by atoms with Crippen LogP contribution in [0.15, 0.2) is 64.5 Å². The molecule has 23 heavy (non-hydrogen) atoms. The van der Waals surface area contributed by atoms with Gasteiger partial charge in [0, 0.05) is 25.1 Å². The Morgan fingerprint density at radius 2 is 2.00 bits per heavy atom. The normalized spacial score (nSPS) is 10.5. The predicted molar refractivity (Wildman–Crippen MR) is 88.1 cm³/mol. The highest BCUT2D eigenvalue weighted by molar-refractivity contribution is 7.99. The Hall–Kier alpha value is -2.67. The summed E-state index contributed by atoms with van der Waals surface area (Å²) in [7, 11) is 1.74. The maximum atomic E-state index is 12.2. The van der Waals surface area contributed by atoms with Crippen LogP contribution in [0.3, 0.4) is 0 Å². The van der Waals surface area contributed by atoms with Crippen LogP contribution in [-0.2, 0) is 4.79 Å². The Labute approximate surface area is 137 Å². The van der Waals surface area contributed by atoms with Crippen molar-refractivity contribution >= 4 is 23.4 Å². The van der Waals surface area contributed by atoms with E-state index in [-0.39, 0.29) is 11.7 Å². The van der Waals surface area contributed by atoms with E-state index in [0.29, 0.717) is 11.1 Å². The number of thioether (sulfide) groups is 1. The van der Waals surface area contributed by atoms with Crippen LogP contribution >= 0.6 is 11.8 Å². The number of aromatic nitrogens is 3. The highest BCUT2D eigenvalue weighted by Gasteiger charge is 2.14. The lowest BCUT2D eigenvalue weighted by Gasteiger charge is -2.16. The zero-order valence-electron chi connectivity index (χ0n) is 12.4. The van der Waals surface area contributed by atoms with E-state index >= 15 is 0 Å². The maximum absolute atomic E-state index is 12.2. The predicted octanol–water partition coefficient (Wildman–Crippen LogP) is 2.89. The zero-order chi connectivity index (χ0) is 16.1. The lowest BCUT2D eigenvalue weighted by molar-refractivity contribution is -0.115. The first-order chi connectivity index (χ1) is 11.2. The molecule has 0 atom stereocenters. The fourth-order valence-corrected chi connectivity index (χ4v) is 2.57. The highest BCUT2D eigenvalue weighted by Crippen LogP contribution is 2.23. The fourth-order valence-electron chi connectivity index (χ4n) is 1.89. The van der Waals surface area contributed by atoms with Crippen LogP contribution in [0.1, 0.15) is 0 Å². The van der Waals surface area contributed by atoms with Gasteiger partial charge in [0.05, 0.1) is 11.3 Å². The van der Waals surface area contributed by atoms with Crippen molar-refractivity contribution in [3.8, 4) is 11.5 Å². The number of carbonyl (C=O) groups is 1. The van der Waals surface area contributed by atoms with Crippen molar-refractivity contribution in [2.75, 3.05) is 17.7 Å². The molecule has 1 amide bonds. The molecule has 1 aromatic carbocycles. The summed E-state index contributed by atoms with van der Waals surface area (Å²) in [5.74, 6) is 0.576. The van der Waals surface area contributed by atoms with Crippen molar-refractivity contribution in [2.24, 2.45) is 0 Å². The summed E-state index contributed by atoms with van der Waals surface area (Å²) < 4.78 is 5.54. The van der Waals surface area contributed by atoms with Gasteiger partial charge in [-0.05, 0) is 24.3 Å². The molecule has 0 fully saturated rings. The van der Waals surface area contributed by atoms with Gasteiger partial charge in [-0.15, -0.1) is 10.2 Å². The second-order valence-electron chi connectivity index (χ2n) is 4.69. The molecule has 3 rings (SSSR count). The average Bonchev–Trinajstić information content (AvgIpc) is 3.09. The Kier molecular flexibility index (Phi) is 4.68. The number of hydrogen-bond acceptors (Lipinski definition) is 6. The summed E-state index contributed by atoms with van der Waals surface area (Å²) in [6.07, 6.45) is 3.32. The molecule has 0 aliphatic rings. The van der Waals surface area contributed by atoms with Gasteiger partial charge in [-0.25, -0.2) is 0 Å². The van der Waals surface area contributed by atoms with Gasteiger partial charge in [0.1, 0.15) is 0 Å². The third kappa shape index (κ3) is 3.75. The average molecular weight is 326 g/mol. The Balaban J connectivity index is 1.61. The lowest BCUT2D eigenvalue weighted by Crippen LogP contribution is -2.27. The minimum absolute atomic E-state index is 0.0395. The molecule has 0 spiro atoms. The van der Waals surface area contributed by atoms with Crippen molar-refractivity contribution in [1.82, 2.24) is 15.2 Å². The number of pyridine rings is 1.